The summed E-state index contributed by atoms with van der Waals surface area (Å²) in [4.78, 5) is 23.6. The van der Waals surface area contributed by atoms with Crippen LogP contribution in [0.2, 0.25) is 0 Å². The Labute approximate surface area is 102 Å². The summed E-state index contributed by atoms with van der Waals surface area (Å²) in [6.07, 6.45) is 0.338. The van der Waals surface area contributed by atoms with Crippen LogP contribution in [0.1, 0.15) is 16.8 Å². The number of ketones is 2. The van der Waals surface area contributed by atoms with Crippen LogP contribution in [0.15, 0.2) is 28.7 Å². The van der Waals surface area contributed by atoms with Gasteiger partial charge in [-0.05, 0) is 12.1 Å². The molecule has 0 radical (unpaired) electrons. The highest BCUT2D eigenvalue weighted by atomic mass is 79.9. The summed E-state index contributed by atoms with van der Waals surface area (Å²) in [6.45, 7) is 0.644. The van der Waals surface area contributed by atoms with E-state index >= 15 is 0 Å². The summed E-state index contributed by atoms with van der Waals surface area (Å²) < 4.78 is 6.01. The summed E-state index contributed by atoms with van der Waals surface area (Å²) in [6, 6.07) is 7.07. The number of Topliss-reactive ketones (excluding diaryl/α,β-unsaturated/α-hetero) is 2. The van der Waals surface area contributed by atoms with Crippen LogP contribution in [-0.4, -0.2) is 24.8 Å². The third kappa shape index (κ3) is 2.39. The molecule has 1 heterocycles. The summed E-state index contributed by atoms with van der Waals surface area (Å²) in [5.41, 5.74) is 0.554. The molecule has 0 amide bonds. The zero-order valence-electron chi connectivity index (χ0n) is 8.61. The van der Waals surface area contributed by atoms with E-state index in [9.17, 15) is 9.59 Å². The first-order valence-corrected chi connectivity index (χ1v) is 5.88. The molecule has 1 fully saturated rings. The monoisotopic (exact) mass is 282 g/mol. The van der Waals surface area contributed by atoms with Gasteiger partial charge in [0.05, 0.1) is 13.2 Å². The topological polar surface area (TPSA) is 43.4 Å². The van der Waals surface area contributed by atoms with Crippen LogP contribution in [0.25, 0.3) is 0 Å². The highest BCUT2D eigenvalue weighted by Crippen LogP contribution is 2.19. The fourth-order valence-electron chi connectivity index (χ4n) is 1.71. The molecular weight excluding hydrogens is 272 g/mol. The molecule has 4 heteroatoms. The molecular formula is C12H11BrO3. The molecule has 2 rings (SSSR count). The Balaban J connectivity index is 2.21. The Morgan fingerprint density at radius 3 is 2.94 bits per heavy atom. The molecule has 1 aliphatic rings. The predicted octanol–water partition coefficient (Wildman–Crippen LogP) is 2.24. The zero-order valence-corrected chi connectivity index (χ0v) is 10.2. The van der Waals surface area contributed by atoms with Gasteiger partial charge in [0.2, 0.25) is 0 Å². The maximum absolute atomic E-state index is 12.0. The Morgan fingerprint density at radius 1 is 1.44 bits per heavy atom. The van der Waals surface area contributed by atoms with Crippen molar-refractivity contribution in [1.29, 1.82) is 0 Å². The van der Waals surface area contributed by atoms with Crippen LogP contribution in [0.4, 0.5) is 0 Å². The summed E-state index contributed by atoms with van der Waals surface area (Å²) >= 11 is 3.30. The van der Waals surface area contributed by atoms with E-state index in [1.54, 1.807) is 18.2 Å². The lowest BCUT2D eigenvalue weighted by atomic mass is 9.92. The SMILES string of the molecule is O=C1CCOCC1C(=O)c1cccc(Br)c1. The van der Waals surface area contributed by atoms with Crippen molar-refractivity contribution in [2.45, 2.75) is 6.42 Å². The third-order valence-corrected chi connectivity index (χ3v) is 3.08. The van der Waals surface area contributed by atoms with E-state index in [0.29, 0.717) is 18.6 Å². The molecule has 16 heavy (non-hydrogen) atoms. The molecule has 1 atom stereocenters. The average molecular weight is 283 g/mol. The van der Waals surface area contributed by atoms with Gasteiger partial charge in [-0.25, -0.2) is 0 Å². The van der Waals surface area contributed by atoms with E-state index in [0.717, 1.165) is 4.47 Å². The van der Waals surface area contributed by atoms with E-state index in [4.69, 9.17) is 4.74 Å². The second-order valence-corrected chi connectivity index (χ2v) is 4.63. The van der Waals surface area contributed by atoms with E-state index in [1.807, 2.05) is 6.07 Å². The van der Waals surface area contributed by atoms with Crippen LogP contribution in [0.3, 0.4) is 0 Å². The molecule has 1 aliphatic heterocycles. The van der Waals surface area contributed by atoms with Crippen molar-refractivity contribution < 1.29 is 14.3 Å². The van der Waals surface area contributed by atoms with Crippen molar-refractivity contribution in [3.63, 3.8) is 0 Å². The average Bonchev–Trinajstić information content (AvgIpc) is 2.29. The highest BCUT2D eigenvalue weighted by molar-refractivity contribution is 9.10. The van der Waals surface area contributed by atoms with Crippen molar-refractivity contribution >= 4 is 27.5 Å². The van der Waals surface area contributed by atoms with Gasteiger partial charge in [-0.1, -0.05) is 28.1 Å². The first-order valence-electron chi connectivity index (χ1n) is 5.09. The van der Waals surface area contributed by atoms with Crippen molar-refractivity contribution in [2.75, 3.05) is 13.2 Å². The van der Waals surface area contributed by atoms with Crippen molar-refractivity contribution in [2.24, 2.45) is 5.92 Å². The standard InChI is InChI=1S/C12H11BrO3/c13-9-3-1-2-8(6-9)12(15)10-7-16-5-4-11(10)14/h1-3,6,10H,4-5,7H2. The van der Waals surface area contributed by atoms with Gasteiger partial charge in [0.25, 0.3) is 0 Å². The first kappa shape index (κ1) is 11.5. The highest BCUT2D eigenvalue weighted by Gasteiger charge is 2.30. The molecule has 0 aliphatic carbocycles. The van der Waals surface area contributed by atoms with Gasteiger partial charge in [0.1, 0.15) is 11.7 Å². The van der Waals surface area contributed by atoms with Gasteiger partial charge in [-0.3, -0.25) is 9.59 Å². The van der Waals surface area contributed by atoms with E-state index in [1.165, 1.54) is 0 Å². The summed E-state index contributed by atoms with van der Waals surface area (Å²) in [5, 5.41) is 0. The lowest BCUT2D eigenvalue weighted by molar-refractivity contribution is -0.128. The van der Waals surface area contributed by atoms with Crippen LogP contribution in [0, 0.1) is 5.92 Å². The quantitative estimate of drug-likeness (QED) is 0.617. The van der Waals surface area contributed by atoms with Gasteiger partial charge in [-0.15, -0.1) is 0 Å². The van der Waals surface area contributed by atoms with E-state index < -0.39 is 5.92 Å². The Bertz CT molecular complexity index is 428. The number of hydrogen-bond donors (Lipinski definition) is 0. The van der Waals surface area contributed by atoms with Crippen LogP contribution < -0.4 is 0 Å². The van der Waals surface area contributed by atoms with Crippen LogP contribution >= 0.6 is 15.9 Å². The van der Waals surface area contributed by atoms with Gasteiger partial charge in [-0.2, -0.15) is 0 Å². The molecule has 3 nitrogen and oxygen atoms in total. The number of ether oxygens (including phenoxy) is 1. The molecule has 1 saturated heterocycles. The number of carbonyl (C=O) groups is 2. The van der Waals surface area contributed by atoms with E-state index in [-0.39, 0.29) is 18.2 Å². The van der Waals surface area contributed by atoms with Crippen LogP contribution in [0.5, 0.6) is 0 Å². The lowest BCUT2D eigenvalue weighted by Gasteiger charge is -2.19. The fourth-order valence-corrected chi connectivity index (χ4v) is 2.11. The molecule has 1 aromatic rings. The molecule has 84 valence electrons. The van der Waals surface area contributed by atoms with Gasteiger partial charge < -0.3 is 4.74 Å². The molecule has 1 aromatic carbocycles. The minimum Gasteiger partial charge on any atom is -0.380 e. The molecule has 0 aromatic heterocycles. The van der Waals surface area contributed by atoms with Crippen molar-refractivity contribution in [3.05, 3.63) is 34.3 Å². The number of halogens is 1. The number of hydrogen-bond acceptors (Lipinski definition) is 3. The van der Waals surface area contributed by atoms with Crippen LogP contribution in [-0.2, 0) is 9.53 Å². The largest absolute Gasteiger partial charge is 0.380 e. The summed E-state index contributed by atoms with van der Waals surface area (Å²) in [7, 11) is 0. The Kier molecular flexibility index (Phi) is 3.51. The Hall–Kier alpha value is -1.000. The second kappa shape index (κ2) is 4.89. The second-order valence-electron chi connectivity index (χ2n) is 3.72. The van der Waals surface area contributed by atoms with Gasteiger partial charge in [0, 0.05) is 16.5 Å². The number of rotatable bonds is 2. The molecule has 0 N–H and O–H groups in total. The fraction of sp³-hybridized carbons (Fsp3) is 0.333. The Morgan fingerprint density at radius 2 is 2.25 bits per heavy atom. The number of carbonyl (C=O) groups excluding carboxylic acids is 2. The maximum atomic E-state index is 12.0. The summed E-state index contributed by atoms with van der Waals surface area (Å²) in [5.74, 6) is -0.787. The van der Waals surface area contributed by atoms with Crippen molar-refractivity contribution in [3.8, 4) is 0 Å². The smallest absolute Gasteiger partial charge is 0.175 e. The maximum Gasteiger partial charge on any atom is 0.175 e. The molecule has 0 spiro atoms. The van der Waals surface area contributed by atoms with Crippen molar-refractivity contribution in [1.82, 2.24) is 0 Å². The van der Waals surface area contributed by atoms with E-state index in [2.05, 4.69) is 15.9 Å². The zero-order chi connectivity index (χ0) is 11.5. The first-order chi connectivity index (χ1) is 7.68. The van der Waals surface area contributed by atoms with Gasteiger partial charge >= 0.3 is 0 Å². The molecule has 0 bridgehead atoms. The predicted molar refractivity (Wildman–Crippen MR) is 62.4 cm³/mol. The normalized spacial score (nSPS) is 20.8. The minimum absolute atomic E-state index is 0.0174. The number of benzene rings is 1. The molecule has 1 unspecified atom stereocenters. The minimum atomic E-state index is -0.622. The third-order valence-electron chi connectivity index (χ3n) is 2.59. The lowest BCUT2D eigenvalue weighted by Crippen LogP contribution is -2.33. The van der Waals surface area contributed by atoms with Gasteiger partial charge in [0.15, 0.2) is 5.78 Å². The molecule has 0 saturated carbocycles.